The Morgan fingerprint density at radius 3 is 2.70 bits per heavy atom. The lowest BCUT2D eigenvalue weighted by atomic mass is 10.1. The zero-order chi connectivity index (χ0) is 14.6. The summed E-state index contributed by atoms with van der Waals surface area (Å²) in [5, 5.41) is 6.01. The Balaban J connectivity index is 1.83. The average molecular weight is 338 g/mol. The van der Waals surface area contributed by atoms with Gasteiger partial charge in [0, 0.05) is 6.04 Å². The molecule has 0 radical (unpaired) electrons. The van der Waals surface area contributed by atoms with Gasteiger partial charge in [0.1, 0.15) is 4.21 Å². The lowest BCUT2D eigenvalue weighted by molar-refractivity contribution is -0.120. The molecule has 0 unspecified atom stereocenters. The van der Waals surface area contributed by atoms with E-state index in [0.717, 1.165) is 37.3 Å². The van der Waals surface area contributed by atoms with Crippen molar-refractivity contribution in [3.8, 4) is 0 Å². The Morgan fingerprint density at radius 1 is 1.40 bits per heavy atom. The Bertz CT molecular complexity index is 567. The van der Waals surface area contributed by atoms with Gasteiger partial charge in [-0.15, -0.1) is 11.3 Å². The van der Waals surface area contributed by atoms with Gasteiger partial charge in [-0.3, -0.25) is 4.79 Å². The van der Waals surface area contributed by atoms with Crippen LogP contribution in [0.4, 0.5) is 0 Å². The predicted molar refractivity (Wildman–Crippen MR) is 78.6 cm³/mol. The molecule has 6 nitrogen and oxygen atoms in total. The number of halogens is 1. The van der Waals surface area contributed by atoms with E-state index in [9.17, 15) is 13.2 Å². The zero-order valence-corrected chi connectivity index (χ0v) is 13.1. The lowest BCUT2D eigenvalue weighted by Gasteiger charge is -2.23. The fourth-order valence-corrected chi connectivity index (χ4v) is 4.43. The second-order valence-corrected chi connectivity index (χ2v) is 8.18. The Morgan fingerprint density at radius 2 is 2.10 bits per heavy atom. The molecule has 0 spiro atoms. The summed E-state index contributed by atoms with van der Waals surface area (Å²) in [7, 11) is -3.66. The van der Waals surface area contributed by atoms with E-state index in [-0.39, 0.29) is 22.7 Å². The van der Waals surface area contributed by atoms with Crippen molar-refractivity contribution in [2.45, 2.75) is 23.1 Å². The van der Waals surface area contributed by atoms with Gasteiger partial charge in [-0.05, 0) is 38.1 Å². The Hall–Kier alpha value is -0.670. The maximum Gasteiger partial charge on any atom is 0.250 e. The number of hydrogen-bond acceptors (Lipinski definition) is 5. The van der Waals surface area contributed by atoms with E-state index in [0.29, 0.717) is 4.34 Å². The normalized spacial score (nSPS) is 17.1. The molecule has 1 amide bonds. The molecule has 0 atom stereocenters. The van der Waals surface area contributed by atoms with Crippen LogP contribution in [-0.2, 0) is 14.8 Å². The molecule has 1 aromatic rings. The second-order valence-electron chi connectivity index (χ2n) is 4.47. The molecule has 3 N–H and O–H groups in total. The number of hydrogen-bond donors (Lipinski definition) is 3. The van der Waals surface area contributed by atoms with Gasteiger partial charge >= 0.3 is 0 Å². The van der Waals surface area contributed by atoms with Crippen LogP contribution in [0.2, 0.25) is 4.34 Å². The SMILES string of the molecule is O=C(CNS(=O)(=O)c1ccc(Cl)s1)NC1CCNCC1. The average Bonchev–Trinajstić information content (AvgIpc) is 2.85. The minimum absolute atomic E-state index is 0.108. The largest absolute Gasteiger partial charge is 0.352 e. The molecule has 112 valence electrons. The fraction of sp³-hybridized carbons (Fsp3) is 0.545. The van der Waals surface area contributed by atoms with Gasteiger partial charge in [0.2, 0.25) is 5.91 Å². The van der Waals surface area contributed by atoms with Crippen LogP contribution in [0, 0.1) is 0 Å². The summed E-state index contributed by atoms with van der Waals surface area (Å²) in [6.07, 6.45) is 1.72. The smallest absolute Gasteiger partial charge is 0.250 e. The minimum atomic E-state index is -3.66. The van der Waals surface area contributed by atoms with Crippen molar-refractivity contribution in [1.29, 1.82) is 0 Å². The van der Waals surface area contributed by atoms with Gasteiger partial charge < -0.3 is 10.6 Å². The van der Waals surface area contributed by atoms with Gasteiger partial charge in [-0.2, -0.15) is 0 Å². The van der Waals surface area contributed by atoms with Crippen LogP contribution in [0.3, 0.4) is 0 Å². The van der Waals surface area contributed by atoms with Crippen LogP contribution in [0.1, 0.15) is 12.8 Å². The number of rotatable bonds is 5. The number of sulfonamides is 1. The zero-order valence-electron chi connectivity index (χ0n) is 10.7. The van der Waals surface area contributed by atoms with Crippen LogP contribution in [0.25, 0.3) is 0 Å². The van der Waals surface area contributed by atoms with E-state index >= 15 is 0 Å². The van der Waals surface area contributed by atoms with E-state index in [4.69, 9.17) is 11.6 Å². The molecule has 1 aliphatic heterocycles. The van der Waals surface area contributed by atoms with Crippen LogP contribution in [0.5, 0.6) is 0 Å². The first-order valence-electron chi connectivity index (χ1n) is 6.22. The molecule has 1 aliphatic rings. The summed E-state index contributed by atoms with van der Waals surface area (Å²) in [4.78, 5) is 11.7. The van der Waals surface area contributed by atoms with E-state index in [1.54, 1.807) is 0 Å². The summed E-state index contributed by atoms with van der Waals surface area (Å²) in [6.45, 7) is 1.47. The first-order valence-corrected chi connectivity index (χ1v) is 8.90. The number of carbonyl (C=O) groups excluding carboxylic acids is 1. The first kappa shape index (κ1) is 15.7. The molecule has 1 saturated heterocycles. The Labute approximate surface area is 126 Å². The van der Waals surface area contributed by atoms with Gasteiger partial charge in [-0.1, -0.05) is 11.6 Å². The number of piperidine rings is 1. The molecule has 2 heterocycles. The maximum atomic E-state index is 11.9. The highest BCUT2D eigenvalue weighted by atomic mass is 35.5. The lowest BCUT2D eigenvalue weighted by Crippen LogP contribution is -2.46. The van der Waals surface area contributed by atoms with Crippen molar-refractivity contribution in [3.05, 3.63) is 16.5 Å². The molecule has 0 saturated carbocycles. The van der Waals surface area contributed by atoms with Gasteiger partial charge in [0.25, 0.3) is 10.0 Å². The van der Waals surface area contributed by atoms with E-state index in [2.05, 4.69) is 15.4 Å². The van der Waals surface area contributed by atoms with Gasteiger partial charge in [0.05, 0.1) is 10.9 Å². The van der Waals surface area contributed by atoms with Crippen molar-refractivity contribution in [2.24, 2.45) is 0 Å². The third kappa shape index (κ3) is 4.42. The number of carbonyl (C=O) groups is 1. The highest BCUT2D eigenvalue weighted by Gasteiger charge is 2.19. The van der Waals surface area contributed by atoms with Crippen molar-refractivity contribution < 1.29 is 13.2 Å². The maximum absolute atomic E-state index is 11.9. The Kier molecular flexibility index (Phi) is 5.39. The van der Waals surface area contributed by atoms with Gasteiger partial charge in [0.15, 0.2) is 0 Å². The second kappa shape index (κ2) is 6.86. The predicted octanol–water partition coefficient (Wildman–Crippen LogP) is 0.548. The van der Waals surface area contributed by atoms with Crippen molar-refractivity contribution >= 4 is 38.9 Å². The van der Waals surface area contributed by atoms with Crippen molar-refractivity contribution in [1.82, 2.24) is 15.4 Å². The summed E-state index contributed by atoms with van der Waals surface area (Å²) in [6, 6.07) is 3.04. The summed E-state index contributed by atoms with van der Waals surface area (Å²) in [5.41, 5.74) is 0. The highest BCUT2D eigenvalue weighted by Crippen LogP contribution is 2.25. The van der Waals surface area contributed by atoms with E-state index in [1.807, 2.05) is 0 Å². The monoisotopic (exact) mass is 337 g/mol. The molecular formula is C11H16ClN3O3S2. The molecule has 0 aliphatic carbocycles. The summed E-state index contributed by atoms with van der Waals surface area (Å²) in [5.74, 6) is -0.317. The molecule has 1 aromatic heterocycles. The third-order valence-corrected chi connectivity index (χ3v) is 6.06. The van der Waals surface area contributed by atoms with Crippen molar-refractivity contribution in [2.75, 3.05) is 19.6 Å². The summed E-state index contributed by atoms with van der Waals surface area (Å²) >= 11 is 6.66. The topological polar surface area (TPSA) is 87.3 Å². The van der Waals surface area contributed by atoms with Crippen LogP contribution < -0.4 is 15.4 Å². The number of thiophene rings is 1. The molecule has 2 rings (SSSR count). The minimum Gasteiger partial charge on any atom is -0.352 e. The van der Waals surface area contributed by atoms with E-state index < -0.39 is 10.0 Å². The first-order chi connectivity index (χ1) is 9.47. The van der Waals surface area contributed by atoms with Crippen LogP contribution in [-0.4, -0.2) is 40.0 Å². The quantitative estimate of drug-likeness (QED) is 0.732. The number of amides is 1. The third-order valence-electron chi connectivity index (χ3n) is 2.94. The fourth-order valence-electron chi connectivity index (χ4n) is 1.92. The highest BCUT2D eigenvalue weighted by molar-refractivity contribution is 7.91. The molecule has 0 bridgehead atoms. The van der Waals surface area contributed by atoms with Gasteiger partial charge in [-0.25, -0.2) is 13.1 Å². The standard InChI is InChI=1S/C11H16ClN3O3S2/c12-9-1-2-11(19-9)20(17,18)14-7-10(16)15-8-3-5-13-6-4-8/h1-2,8,13-14H,3-7H2,(H,15,16). The molecule has 9 heteroatoms. The van der Waals surface area contributed by atoms with Crippen LogP contribution in [0.15, 0.2) is 16.3 Å². The number of nitrogens with one attached hydrogen (secondary N) is 3. The molecular weight excluding hydrogens is 322 g/mol. The van der Waals surface area contributed by atoms with Crippen LogP contribution >= 0.6 is 22.9 Å². The summed E-state index contributed by atoms with van der Waals surface area (Å²) < 4.78 is 26.6. The molecule has 0 aromatic carbocycles. The van der Waals surface area contributed by atoms with E-state index in [1.165, 1.54) is 12.1 Å². The molecule has 1 fully saturated rings. The van der Waals surface area contributed by atoms with Crippen molar-refractivity contribution in [3.63, 3.8) is 0 Å². The molecule has 20 heavy (non-hydrogen) atoms.